The summed E-state index contributed by atoms with van der Waals surface area (Å²) in [4.78, 5) is 25.0. The van der Waals surface area contributed by atoms with Gasteiger partial charge in [0.25, 0.3) is 11.7 Å². The number of anilines is 1. The first-order valence-electron chi connectivity index (χ1n) is 9.19. The third-order valence-electron chi connectivity index (χ3n) is 4.82. The number of aromatic nitrogens is 2. The molecule has 1 aromatic carbocycles. The summed E-state index contributed by atoms with van der Waals surface area (Å²) < 4.78 is 25.3. The van der Waals surface area contributed by atoms with Crippen molar-refractivity contribution in [1.82, 2.24) is 9.78 Å². The highest BCUT2D eigenvalue weighted by Crippen LogP contribution is 2.31. The van der Waals surface area contributed by atoms with E-state index in [1.807, 2.05) is 27.7 Å². The number of carbonyl (C=O) groups is 2. The summed E-state index contributed by atoms with van der Waals surface area (Å²) >= 11 is 0. The molecule has 0 bridgehead atoms. The molecule has 0 saturated carbocycles. The molecule has 0 aliphatic carbocycles. The lowest BCUT2D eigenvalue weighted by Gasteiger charge is -2.15. The molecule has 0 spiro atoms. The number of hydrogen-bond donors (Lipinski definition) is 1. The molecule has 0 unspecified atom stereocenters. The second-order valence-electron chi connectivity index (χ2n) is 8.32. The third kappa shape index (κ3) is 4.32. The fraction of sp³-hybridized carbons (Fsp3) is 0.450. The second-order valence-corrected chi connectivity index (χ2v) is 10.5. The second kappa shape index (κ2) is 7.16. The Morgan fingerprint density at radius 1 is 1.18 bits per heavy atom. The lowest BCUT2D eigenvalue weighted by Crippen LogP contribution is -2.25. The van der Waals surface area contributed by atoms with Crippen LogP contribution >= 0.6 is 0 Å². The van der Waals surface area contributed by atoms with Crippen LogP contribution in [-0.2, 0) is 20.0 Å². The van der Waals surface area contributed by atoms with Crippen LogP contribution in [0.15, 0.2) is 30.3 Å². The average Bonchev–Trinajstić information content (AvgIpc) is 3.17. The minimum absolute atomic E-state index is 0.0208. The highest BCUT2D eigenvalue weighted by molar-refractivity contribution is 7.91. The van der Waals surface area contributed by atoms with E-state index in [1.54, 1.807) is 35.0 Å². The SMILES string of the molecule is Cc1ccc(C(=O)C(=O)Nc2cc(C(C)(C)C)nn2[C@H]2CCS(=O)(=O)C2)cc1. The van der Waals surface area contributed by atoms with Gasteiger partial charge in [0, 0.05) is 17.0 Å². The number of nitrogens with one attached hydrogen (secondary N) is 1. The predicted molar refractivity (Wildman–Crippen MR) is 107 cm³/mol. The predicted octanol–water partition coefficient (Wildman–Crippen LogP) is 2.67. The maximum absolute atomic E-state index is 12.5. The molecule has 8 heteroatoms. The molecule has 7 nitrogen and oxygen atoms in total. The van der Waals surface area contributed by atoms with Crippen molar-refractivity contribution < 1.29 is 18.0 Å². The van der Waals surface area contributed by atoms with Crippen LogP contribution in [0.4, 0.5) is 5.82 Å². The number of amides is 1. The summed E-state index contributed by atoms with van der Waals surface area (Å²) in [5, 5.41) is 7.19. The van der Waals surface area contributed by atoms with Crippen molar-refractivity contribution in [1.29, 1.82) is 0 Å². The van der Waals surface area contributed by atoms with Gasteiger partial charge in [-0.15, -0.1) is 0 Å². The Bertz CT molecular complexity index is 1010. The van der Waals surface area contributed by atoms with Gasteiger partial charge in [-0.3, -0.25) is 9.59 Å². The molecular weight excluding hydrogens is 378 g/mol. The van der Waals surface area contributed by atoms with Gasteiger partial charge in [-0.05, 0) is 13.3 Å². The maximum Gasteiger partial charge on any atom is 0.297 e. The zero-order valence-corrected chi connectivity index (χ0v) is 17.3. The van der Waals surface area contributed by atoms with Crippen molar-refractivity contribution in [2.24, 2.45) is 0 Å². The molecule has 1 amide bonds. The number of aryl methyl sites for hydroxylation is 1. The molecule has 2 heterocycles. The molecule has 1 saturated heterocycles. The van der Waals surface area contributed by atoms with Crippen LogP contribution in [0.5, 0.6) is 0 Å². The smallest absolute Gasteiger partial charge is 0.297 e. The largest absolute Gasteiger partial charge is 0.304 e. The van der Waals surface area contributed by atoms with Crippen LogP contribution in [0.3, 0.4) is 0 Å². The zero-order chi connectivity index (χ0) is 20.7. The number of ketones is 1. The van der Waals surface area contributed by atoms with Crippen molar-refractivity contribution in [2.45, 2.75) is 45.6 Å². The Kier molecular flexibility index (Phi) is 5.18. The van der Waals surface area contributed by atoms with Crippen LogP contribution in [0, 0.1) is 6.92 Å². The third-order valence-corrected chi connectivity index (χ3v) is 6.57. The summed E-state index contributed by atoms with van der Waals surface area (Å²) in [6.07, 6.45) is 0.433. The minimum Gasteiger partial charge on any atom is -0.304 e. The normalized spacial score (nSPS) is 18.8. The molecule has 1 aliphatic heterocycles. The maximum atomic E-state index is 12.5. The number of Topliss-reactive ketones (excluding diaryl/α,β-unsaturated/α-hetero) is 1. The Balaban J connectivity index is 1.89. The van der Waals surface area contributed by atoms with Crippen LogP contribution in [0.2, 0.25) is 0 Å². The minimum atomic E-state index is -3.12. The van der Waals surface area contributed by atoms with E-state index in [2.05, 4.69) is 10.4 Å². The molecule has 28 heavy (non-hydrogen) atoms. The van der Waals surface area contributed by atoms with Crippen molar-refractivity contribution in [3.05, 3.63) is 47.2 Å². The van der Waals surface area contributed by atoms with E-state index < -0.39 is 21.5 Å². The molecule has 1 aromatic heterocycles. The van der Waals surface area contributed by atoms with Gasteiger partial charge in [-0.2, -0.15) is 5.10 Å². The molecule has 2 aromatic rings. The Hall–Kier alpha value is -2.48. The van der Waals surface area contributed by atoms with Crippen LogP contribution in [0.25, 0.3) is 0 Å². The van der Waals surface area contributed by atoms with Crippen LogP contribution in [0.1, 0.15) is 54.8 Å². The van der Waals surface area contributed by atoms with E-state index in [0.717, 1.165) is 11.3 Å². The van der Waals surface area contributed by atoms with Gasteiger partial charge in [0.2, 0.25) is 0 Å². The fourth-order valence-corrected chi connectivity index (χ4v) is 4.80. The molecule has 0 radical (unpaired) electrons. The number of nitrogens with zero attached hydrogens (tertiary/aromatic N) is 2. The Morgan fingerprint density at radius 2 is 1.82 bits per heavy atom. The standard InChI is InChI=1S/C20H25N3O4S/c1-13-5-7-14(8-6-13)18(24)19(25)21-17-11-16(20(2,3)4)22-23(17)15-9-10-28(26,27)12-15/h5-8,11,15H,9-10,12H2,1-4H3,(H,21,25)/t15-/m0/s1. The van der Waals surface area contributed by atoms with Crippen molar-refractivity contribution in [2.75, 3.05) is 16.8 Å². The van der Waals surface area contributed by atoms with Gasteiger partial charge in [0.15, 0.2) is 9.84 Å². The van der Waals surface area contributed by atoms with Gasteiger partial charge >= 0.3 is 0 Å². The number of rotatable bonds is 4. The van der Waals surface area contributed by atoms with Gasteiger partial charge in [-0.25, -0.2) is 13.1 Å². The number of benzene rings is 1. The highest BCUT2D eigenvalue weighted by Gasteiger charge is 2.33. The van der Waals surface area contributed by atoms with E-state index >= 15 is 0 Å². The molecule has 1 atom stereocenters. The molecular formula is C20H25N3O4S. The molecule has 1 fully saturated rings. The van der Waals surface area contributed by atoms with Gasteiger partial charge in [0.1, 0.15) is 5.82 Å². The Labute approximate surface area is 165 Å². The summed E-state index contributed by atoms with van der Waals surface area (Å²) in [6, 6.07) is 8.12. The van der Waals surface area contributed by atoms with Crippen molar-refractivity contribution in [3.63, 3.8) is 0 Å². The van der Waals surface area contributed by atoms with Crippen LogP contribution in [-0.4, -0.2) is 41.4 Å². The lowest BCUT2D eigenvalue weighted by molar-refractivity contribution is -0.112. The summed E-state index contributed by atoms with van der Waals surface area (Å²) in [5.74, 6) is -1.00. The van der Waals surface area contributed by atoms with E-state index in [0.29, 0.717) is 17.8 Å². The van der Waals surface area contributed by atoms with Crippen LogP contribution < -0.4 is 5.32 Å². The molecule has 150 valence electrons. The molecule has 1 N–H and O–H groups in total. The van der Waals surface area contributed by atoms with Crippen molar-refractivity contribution in [3.8, 4) is 0 Å². The Morgan fingerprint density at radius 3 is 2.36 bits per heavy atom. The van der Waals surface area contributed by atoms with E-state index in [4.69, 9.17) is 0 Å². The summed E-state index contributed by atoms with van der Waals surface area (Å²) in [6.45, 7) is 7.84. The first kappa shape index (κ1) is 20.3. The molecule has 1 aliphatic rings. The highest BCUT2D eigenvalue weighted by atomic mass is 32.2. The first-order valence-corrected chi connectivity index (χ1v) is 11.0. The topological polar surface area (TPSA) is 98.1 Å². The number of carbonyl (C=O) groups excluding carboxylic acids is 2. The quantitative estimate of drug-likeness (QED) is 0.625. The fourth-order valence-electron chi connectivity index (χ4n) is 3.11. The summed E-state index contributed by atoms with van der Waals surface area (Å²) in [7, 11) is -3.12. The van der Waals surface area contributed by atoms with E-state index in [9.17, 15) is 18.0 Å². The lowest BCUT2D eigenvalue weighted by atomic mass is 9.92. The number of sulfone groups is 1. The van der Waals surface area contributed by atoms with E-state index in [-0.39, 0.29) is 23.0 Å². The van der Waals surface area contributed by atoms with Crippen molar-refractivity contribution >= 4 is 27.3 Å². The van der Waals surface area contributed by atoms with Gasteiger partial charge < -0.3 is 5.32 Å². The monoisotopic (exact) mass is 403 g/mol. The van der Waals surface area contributed by atoms with Gasteiger partial charge in [0.05, 0.1) is 23.2 Å². The first-order chi connectivity index (χ1) is 13.0. The number of hydrogen-bond acceptors (Lipinski definition) is 5. The zero-order valence-electron chi connectivity index (χ0n) is 16.5. The van der Waals surface area contributed by atoms with E-state index in [1.165, 1.54) is 0 Å². The van der Waals surface area contributed by atoms with Gasteiger partial charge in [-0.1, -0.05) is 50.6 Å². The molecule has 3 rings (SSSR count). The summed E-state index contributed by atoms with van der Waals surface area (Å²) in [5.41, 5.74) is 1.72. The average molecular weight is 404 g/mol.